The molecule has 0 amide bonds. The zero-order valence-electron chi connectivity index (χ0n) is 18.5. The van der Waals surface area contributed by atoms with Crippen LogP contribution in [0.5, 0.6) is 0 Å². The SMILES string of the molecule is Nc1ccc(/C=C/c2ccc(-n3nc4c(n3)C3C=CC=CC3C=C4)cc2S(=O)(=O)O)c(S(=O)(=O)O)c1. The molecule has 184 valence electrons. The van der Waals surface area contributed by atoms with E-state index in [9.17, 15) is 25.9 Å². The van der Waals surface area contributed by atoms with Gasteiger partial charge < -0.3 is 5.73 Å². The van der Waals surface area contributed by atoms with Crippen LogP contribution >= 0.6 is 0 Å². The standard InChI is InChI=1S/C24H20N4O6S2/c25-18-10-7-16(22(13-18)35(29,30)31)5-6-17-8-11-19(14-23(17)36(32,33)34)28-26-21-12-9-15-3-1-2-4-20(15)24(21)27-28/h1-15,20H,25H2,(H,29,30,31)(H,32,33,34)/b6-5+. The summed E-state index contributed by atoms with van der Waals surface area (Å²) in [5.41, 5.74) is 7.62. The molecule has 2 aromatic carbocycles. The number of allylic oxidation sites excluding steroid dienone is 5. The Balaban J connectivity index is 1.55. The summed E-state index contributed by atoms with van der Waals surface area (Å²) in [7, 11) is -9.26. The van der Waals surface area contributed by atoms with Gasteiger partial charge in [-0.15, -0.1) is 5.10 Å². The highest BCUT2D eigenvalue weighted by molar-refractivity contribution is 7.86. The number of rotatable bonds is 5. The fourth-order valence-corrected chi connectivity index (χ4v) is 5.61. The smallest absolute Gasteiger partial charge is 0.295 e. The van der Waals surface area contributed by atoms with Crippen molar-refractivity contribution in [1.82, 2.24) is 15.0 Å². The van der Waals surface area contributed by atoms with Crippen molar-refractivity contribution < 1.29 is 25.9 Å². The van der Waals surface area contributed by atoms with Crippen molar-refractivity contribution >= 4 is 44.2 Å². The van der Waals surface area contributed by atoms with Crippen molar-refractivity contribution in [3.63, 3.8) is 0 Å². The molecule has 2 unspecified atom stereocenters. The molecule has 2 aliphatic carbocycles. The van der Waals surface area contributed by atoms with E-state index in [1.54, 1.807) is 6.07 Å². The first kappa shape index (κ1) is 23.9. The van der Waals surface area contributed by atoms with Gasteiger partial charge in [0.25, 0.3) is 20.2 Å². The predicted octanol–water partition coefficient (Wildman–Crippen LogP) is 3.37. The largest absolute Gasteiger partial charge is 0.399 e. The van der Waals surface area contributed by atoms with E-state index in [0.717, 1.165) is 11.8 Å². The summed E-state index contributed by atoms with van der Waals surface area (Å²) < 4.78 is 67.2. The highest BCUT2D eigenvalue weighted by Gasteiger charge is 2.28. The third kappa shape index (κ3) is 4.54. The summed E-state index contributed by atoms with van der Waals surface area (Å²) in [4.78, 5) is 0.444. The Morgan fingerprint density at radius 3 is 2.17 bits per heavy atom. The van der Waals surface area contributed by atoms with Crippen LogP contribution in [0.3, 0.4) is 0 Å². The Morgan fingerprint density at radius 2 is 1.47 bits per heavy atom. The maximum atomic E-state index is 12.2. The predicted molar refractivity (Wildman–Crippen MR) is 134 cm³/mol. The number of benzene rings is 2. The molecule has 0 saturated heterocycles. The molecule has 0 saturated carbocycles. The van der Waals surface area contributed by atoms with Gasteiger partial charge in [0.2, 0.25) is 0 Å². The van der Waals surface area contributed by atoms with Crippen molar-refractivity contribution in [1.29, 1.82) is 0 Å². The third-order valence-electron chi connectivity index (χ3n) is 5.90. The maximum absolute atomic E-state index is 12.2. The second-order valence-electron chi connectivity index (χ2n) is 8.29. The molecule has 36 heavy (non-hydrogen) atoms. The molecule has 2 aliphatic rings. The quantitative estimate of drug-likeness (QED) is 0.258. The Kier molecular flexibility index (Phi) is 5.75. The van der Waals surface area contributed by atoms with Crippen molar-refractivity contribution in [2.75, 3.05) is 5.73 Å². The maximum Gasteiger partial charge on any atom is 0.295 e. The van der Waals surface area contributed by atoms with Crippen LogP contribution < -0.4 is 5.73 Å². The van der Waals surface area contributed by atoms with Crippen molar-refractivity contribution in [2.45, 2.75) is 15.7 Å². The molecule has 3 aromatic rings. The molecule has 0 spiro atoms. The first-order chi connectivity index (χ1) is 17.0. The van der Waals surface area contributed by atoms with E-state index in [0.29, 0.717) is 11.4 Å². The lowest BCUT2D eigenvalue weighted by Crippen LogP contribution is -2.13. The van der Waals surface area contributed by atoms with Gasteiger partial charge in [0.1, 0.15) is 15.5 Å². The van der Waals surface area contributed by atoms with E-state index in [4.69, 9.17) is 5.73 Å². The molecule has 0 bridgehead atoms. The summed E-state index contributed by atoms with van der Waals surface area (Å²) >= 11 is 0. The molecule has 5 rings (SSSR count). The molecule has 0 radical (unpaired) electrons. The van der Waals surface area contributed by atoms with Gasteiger partial charge in [-0.05, 0) is 41.5 Å². The molecule has 0 fully saturated rings. The van der Waals surface area contributed by atoms with E-state index < -0.39 is 30.0 Å². The van der Waals surface area contributed by atoms with E-state index in [1.807, 2.05) is 30.4 Å². The van der Waals surface area contributed by atoms with Crippen LogP contribution in [0.1, 0.15) is 28.4 Å². The van der Waals surface area contributed by atoms with Crippen LogP contribution in [0.25, 0.3) is 23.9 Å². The molecule has 12 heteroatoms. The number of hydrogen-bond donors (Lipinski definition) is 3. The number of hydrogen-bond acceptors (Lipinski definition) is 7. The lowest BCUT2D eigenvalue weighted by Gasteiger charge is -2.22. The van der Waals surface area contributed by atoms with Gasteiger partial charge in [-0.1, -0.05) is 54.7 Å². The van der Waals surface area contributed by atoms with Crippen LogP contribution in [0.4, 0.5) is 5.69 Å². The zero-order valence-corrected chi connectivity index (χ0v) is 20.1. The molecule has 4 N–H and O–H groups in total. The van der Waals surface area contributed by atoms with Gasteiger partial charge in [-0.3, -0.25) is 9.11 Å². The third-order valence-corrected chi connectivity index (χ3v) is 7.72. The highest BCUT2D eigenvalue weighted by Crippen LogP contribution is 2.36. The van der Waals surface area contributed by atoms with Gasteiger partial charge in [0.15, 0.2) is 0 Å². The van der Waals surface area contributed by atoms with E-state index >= 15 is 0 Å². The minimum Gasteiger partial charge on any atom is -0.399 e. The van der Waals surface area contributed by atoms with Crippen molar-refractivity contribution in [3.05, 3.63) is 89.3 Å². The van der Waals surface area contributed by atoms with Gasteiger partial charge in [-0.25, -0.2) is 0 Å². The van der Waals surface area contributed by atoms with Crippen LogP contribution in [0.15, 0.2) is 76.6 Å². The van der Waals surface area contributed by atoms with E-state index in [1.165, 1.54) is 41.2 Å². The van der Waals surface area contributed by atoms with Crippen molar-refractivity contribution in [2.24, 2.45) is 5.92 Å². The summed E-state index contributed by atoms with van der Waals surface area (Å²) in [6.07, 6.45) is 14.5. The first-order valence-corrected chi connectivity index (χ1v) is 13.6. The van der Waals surface area contributed by atoms with Crippen LogP contribution in [-0.4, -0.2) is 40.9 Å². The first-order valence-electron chi connectivity index (χ1n) is 10.7. The molecule has 2 atom stereocenters. The minimum atomic E-state index is -4.68. The lowest BCUT2D eigenvalue weighted by molar-refractivity contribution is 0.480. The van der Waals surface area contributed by atoms with Crippen LogP contribution in [0, 0.1) is 5.92 Å². The fraction of sp³-hybridized carbons (Fsp3) is 0.0833. The topological polar surface area (TPSA) is 165 Å². The van der Waals surface area contributed by atoms with E-state index in [2.05, 4.69) is 16.3 Å². The second kappa shape index (κ2) is 8.68. The Labute approximate surface area is 207 Å². The molecule has 1 heterocycles. The lowest BCUT2D eigenvalue weighted by atomic mass is 9.82. The summed E-state index contributed by atoms with van der Waals surface area (Å²) in [5, 5.41) is 9.03. The zero-order chi connectivity index (χ0) is 25.7. The number of nitrogens with two attached hydrogens (primary N) is 1. The van der Waals surface area contributed by atoms with Crippen LogP contribution in [-0.2, 0) is 20.2 Å². The van der Waals surface area contributed by atoms with Crippen molar-refractivity contribution in [3.8, 4) is 5.69 Å². The Bertz CT molecular complexity index is 1720. The molecule has 0 aliphatic heterocycles. The van der Waals surface area contributed by atoms with E-state index in [-0.39, 0.29) is 28.7 Å². The number of anilines is 1. The second-order valence-corrected chi connectivity index (χ2v) is 11.1. The average molecular weight is 525 g/mol. The summed E-state index contributed by atoms with van der Waals surface area (Å²) in [5.74, 6) is 0.179. The van der Waals surface area contributed by atoms with Gasteiger partial charge in [0.05, 0.1) is 11.4 Å². The summed E-state index contributed by atoms with van der Waals surface area (Å²) in [6.45, 7) is 0. The number of fused-ring (bicyclic) bond motifs is 3. The number of aromatic nitrogens is 3. The minimum absolute atomic E-state index is 0.0175. The molecule has 10 nitrogen and oxygen atoms in total. The Morgan fingerprint density at radius 1 is 0.833 bits per heavy atom. The highest BCUT2D eigenvalue weighted by atomic mass is 32.2. The molecule has 1 aromatic heterocycles. The van der Waals surface area contributed by atoms with Gasteiger partial charge in [-0.2, -0.15) is 26.7 Å². The average Bonchev–Trinajstić information content (AvgIpc) is 3.27. The normalized spacial score (nSPS) is 18.9. The van der Waals surface area contributed by atoms with Crippen LogP contribution in [0.2, 0.25) is 0 Å². The molecular weight excluding hydrogens is 504 g/mol. The van der Waals surface area contributed by atoms with Gasteiger partial charge in [0, 0.05) is 17.5 Å². The number of nitrogen functional groups attached to an aromatic ring is 1. The fourth-order valence-electron chi connectivity index (χ4n) is 4.18. The summed E-state index contributed by atoms with van der Waals surface area (Å²) in [6, 6.07) is 8.12. The monoisotopic (exact) mass is 524 g/mol. The molecular formula is C24H20N4O6S2. The Hall–Kier alpha value is -3.84. The van der Waals surface area contributed by atoms with Gasteiger partial charge >= 0.3 is 0 Å². The number of nitrogens with zero attached hydrogens (tertiary/aromatic N) is 3.